The van der Waals surface area contributed by atoms with Gasteiger partial charge in [0.25, 0.3) is 0 Å². The van der Waals surface area contributed by atoms with Gasteiger partial charge < -0.3 is 28.7 Å². The van der Waals surface area contributed by atoms with E-state index in [4.69, 9.17) is 35.5 Å². The first kappa shape index (κ1) is 29.9. The number of aromatic amines is 1. The maximum Gasteiger partial charge on any atom is 0.508 e. The summed E-state index contributed by atoms with van der Waals surface area (Å²) >= 11 is 6.76. The van der Waals surface area contributed by atoms with E-state index in [1.807, 2.05) is 19.0 Å². The minimum Gasteiger partial charge on any atom is -0.463 e. The summed E-state index contributed by atoms with van der Waals surface area (Å²) in [5.41, 5.74) is 0.889. The molecule has 238 valence electrons. The average Bonchev–Trinajstić information content (AvgIpc) is 3.64. The summed E-state index contributed by atoms with van der Waals surface area (Å²) in [6, 6.07) is 1.81. The fourth-order valence-corrected chi connectivity index (χ4v) is 6.70. The third-order valence-electron chi connectivity index (χ3n) is 8.65. The molecule has 1 saturated carbocycles. The molecule has 1 aliphatic carbocycles. The van der Waals surface area contributed by atoms with E-state index in [1.165, 1.54) is 0 Å². The van der Waals surface area contributed by atoms with Gasteiger partial charge in [0.1, 0.15) is 17.0 Å². The first-order valence-corrected chi connectivity index (χ1v) is 15.5. The lowest BCUT2D eigenvalue weighted by Crippen LogP contribution is -2.46. The fraction of sp³-hybridized carbons (Fsp3) is 0.516. The predicted octanol–water partition coefficient (Wildman–Crippen LogP) is 4.78. The molecule has 1 N–H and O–H groups in total. The normalized spacial score (nSPS) is 21.6. The van der Waals surface area contributed by atoms with Crippen molar-refractivity contribution in [2.45, 2.75) is 38.2 Å². The summed E-state index contributed by atoms with van der Waals surface area (Å²) in [5.74, 6) is -0.212. The molecule has 12 nitrogen and oxygen atoms in total. The van der Waals surface area contributed by atoms with Crippen molar-refractivity contribution in [3.8, 4) is 17.3 Å². The van der Waals surface area contributed by atoms with Crippen molar-refractivity contribution >= 4 is 45.4 Å². The van der Waals surface area contributed by atoms with Crippen molar-refractivity contribution in [1.82, 2.24) is 30.0 Å². The number of carbonyl (C=O) groups is 1. The Kier molecular flexibility index (Phi) is 7.65. The van der Waals surface area contributed by atoms with E-state index in [9.17, 15) is 4.79 Å². The van der Waals surface area contributed by atoms with Gasteiger partial charge in [0, 0.05) is 40.7 Å². The maximum atomic E-state index is 16.9. The number of halogens is 2. The van der Waals surface area contributed by atoms with E-state index < -0.39 is 17.6 Å². The van der Waals surface area contributed by atoms with E-state index >= 15 is 4.39 Å². The summed E-state index contributed by atoms with van der Waals surface area (Å²) < 4.78 is 40.3. The van der Waals surface area contributed by atoms with E-state index in [1.54, 1.807) is 25.4 Å². The van der Waals surface area contributed by atoms with Crippen molar-refractivity contribution in [2.75, 3.05) is 65.1 Å². The van der Waals surface area contributed by atoms with Crippen LogP contribution in [-0.4, -0.2) is 102 Å². The monoisotopic (exact) mass is 639 g/mol. The van der Waals surface area contributed by atoms with Gasteiger partial charge in [-0.15, -0.1) is 0 Å². The number of anilines is 1. The molecule has 0 amide bonds. The molecule has 3 aliphatic heterocycles. The van der Waals surface area contributed by atoms with Crippen LogP contribution in [0.4, 0.5) is 15.0 Å². The molecule has 6 heterocycles. The van der Waals surface area contributed by atoms with E-state index in [0.717, 1.165) is 19.4 Å². The number of ether oxygens (including phenoxy) is 4. The zero-order valence-electron chi connectivity index (χ0n) is 25.5. The number of rotatable bonds is 5. The average molecular weight is 640 g/mol. The Hall–Kier alpha value is -3.81. The fourth-order valence-electron chi connectivity index (χ4n) is 6.40. The predicted molar refractivity (Wildman–Crippen MR) is 165 cm³/mol. The highest BCUT2D eigenvalue weighted by atomic mass is 35.5. The van der Waals surface area contributed by atoms with Gasteiger partial charge >= 0.3 is 12.2 Å². The second-order valence-electron chi connectivity index (χ2n) is 12.8. The second kappa shape index (κ2) is 11.5. The molecule has 0 spiro atoms. The lowest BCUT2D eigenvalue weighted by atomic mass is 9.95. The molecule has 1 unspecified atom stereocenters. The standard InChI is InChI=1S/C31H35ClFN7O5/c1-30-14-40(8-10-42-16-30)27-20-12-34-26(24(33)25(20)36-28(37-27)44-17-31(6-7-31)15-39(2)3)23-18(5-4-9-43-29(41)45-30)21(32)11-22-19(23)13-35-38-22/h11-13H,4-10,14-17H2,1-3H3,(H,35,38). The van der Waals surface area contributed by atoms with Crippen LogP contribution < -0.4 is 9.64 Å². The van der Waals surface area contributed by atoms with Crippen LogP contribution in [0.15, 0.2) is 18.5 Å². The van der Waals surface area contributed by atoms with E-state index in [-0.39, 0.29) is 42.4 Å². The number of aromatic nitrogens is 5. The van der Waals surface area contributed by atoms with Crippen LogP contribution in [0.3, 0.4) is 0 Å². The Morgan fingerprint density at radius 2 is 2.04 bits per heavy atom. The number of benzene rings is 1. The Morgan fingerprint density at radius 1 is 1.20 bits per heavy atom. The lowest BCUT2D eigenvalue weighted by molar-refractivity contribution is -0.0575. The Morgan fingerprint density at radius 3 is 2.84 bits per heavy atom. The van der Waals surface area contributed by atoms with Gasteiger partial charge in [-0.1, -0.05) is 11.6 Å². The van der Waals surface area contributed by atoms with Crippen molar-refractivity contribution in [2.24, 2.45) is 5.41 Å². The van der Waals surface area contributed by atoms with Gasteiger partial charge in [-0.25, -0.2) is 9.18 Å². The number of pyridine rings is 1. The molecule has 1 atom stereocenters. The Bertz CT molecular complexity index is 1780. The lowest BCUT2D eigenvalue weighted by Gasteiger charge is -2.32. The molecule has 1 saturated heterocycles. The summed E-state index contributed by atoms with van der Waals surface area (Å²) in [7, 11) is 4.07. The molecule has 45 heavy (non-hydrogen) atoms. The molecule has 14 heteroatoms. The molecular formula is C31H35ClFN7O5. The van der Waals surface area contributed by atoms with Crippen molar-refractivity contribution in [3.05, 3.63) is 34.9 Å². The van der Waals surface area contributed by atoms with Gasteiger partial charge in [0.2, 0.25) is 0 Å². The molecule has 4 aromatic rings. The highest BCUT2D eigenvalue weighted by Gasteiger charge is 2.44. The molecule has 8 rings (SSSR count). The molecule has 2 fully saturated rings. The van der Waals surface area contributed by atoms with Crippen LogP contribution in [0, 0.1) is 11.2 Å². The molecular weight excluding hydrogens is 605 g/mol. The van der Waals surface area contributed by atoms with Crippen LogP contribution in [0.5, 0.6) is 6.01 Å². The number of hydrogen-bond acceptors (Lipinski definition) is 11. The van der Waals surface area contributed by atoms with Crippen molar-refractivity contribution < 1.29 is 28.1 Å². The molecule has 3 aromatic heterocycles. The van der Waals surface area contributed by atoms with Crippen molar-refractivity contribution in [1.29, 1.82) is 0 Å². The van der Waals surface area contributed by atoms with Gasteiger partial charge in [-0.05, 0) is 58.3 Å². The van der Waals surface area contributed by atoms with Crippen LogP contribution >= 0.6 is 11.6 Å². The minimum atomic E-state index is -1.07. The smallest absolute Gasteiger partial charge is 0.463 e. The first-order chi connectivity index (χ1) is 21.6. The van der Waals surface area contributed by atoms with Gasteiger partial charge in [0.15, 0.2) is 11.4 Å². The van der Waals surface area contributed by atoms with Crippen LogP contribution in [0.1, 0.15) is 31.7 Å². The second-order valence-corrected chi connectivity index (χ2v) is 13.2. The van der Waals surface area contributed by atoms with E-state index in [0.29, 0.717) is 70.9 Å². The highest BCUT2D eigenvalue weighted by molar-refractivity contribution is 6.33. The summed E-state index contributed by atoms with van der Waals surface area (Å²) in [5, 5.41) is 8.57. The largest absolute Gasteiger partial charge is 0.508 e. The third kappa shape index (κ3) is 5.84. The maximum absolute atomic E-state index is 16.9. The molecule has 6 bridgehead atoms. The van der Waals surface area contributed by atoms with Crippen LogP contribution in [-0.2, 0) is 20.6 Å². The summed E-state index contributed by atoms with van der Waals surface area (Å²) in [6.45, 7) is 4.22. The molecule has 0 radical (unpaired) electrons. The number of carbonyl (C=O) groups excluding carboxylic acids is 1. The number of nitrogens with zero attached hydrogens (tertiary/aromatic N) is 6. The molecule has 4 aliphatic rings. The van der Waals surface area contributed by atoms with E-state index in [2.05, 4.69) is 25.1 Å². The minimum absolute atomic E-state index is 0.00346. The third-order valence-corrected chi connectivity index (χ3v) is 8.99. The Labute approximate surface area is 264 Å². The number of nitrogens with one attached hydrogen (secondary N) is 1. The van der Waals surface area contributed by atoms with Crippen LogP contribution in [0.25, 0.3) is 33.1 Å². The zero-order chi connectivity index (χ0) is 31.3. The first-order valence-electron chi connectivity index (χ1n) is 15.1. The summed E-state index contributed by atoms with van der Waals surface area (Å²) in [6.07, 6.45) is 5.27. The number of H-pyrrole nitrogens is 1. The SMILES string of the molecule is CN(C)CC1(COc2nc3c4cnc(c(F)c4n2)-c2c(c(Cl)cc4[nH]ncc24)CCCOC(=O)OC2(C)COCCN3C2)CC1. The van der Waals surface area contributed by atoms with Gasteiger partial charge in [-0.3, -0.25) is 10.1 Å². The highest BCUT2D eigenvalue weighted by Crippen LogP contribution is 2.46. The van der Waals surface area contributed by atoms with Crippen molar-refractivity contribution in [3.63, 3.8) is 0 Å². The number of hydrogen-bond donors (Lipinski definition) is 1. The van der Waals surface area contributed by atoms with Gasteiger partial charge in [-0.2, -0.15) is 15.1 Å². The topological polar surface area (TPSA) is 128 Å². The number of fused-ring (bicyclic) bond motifs is 7. The summed E-state index contributed by atoms with van der Waals surface area (Å²) in [4.78, 5) is 30.9. The Balaban J connectivity index is 1.42. The zero-order valence-corrected chi connectivity index (χ0v) is 26.2. The molecule has 1 aromatic carbocycles. The van der Waals surface area contributed by atoms with Crippen LogP contribution in [0.2, 0.25) is 5.02 Å². The van der Waals surface area contributed by atoms with Gasteiger partial charge in [0.05, 0.1) is 50.1 Å². The quantitative estimate of drug-likeness (QED) is 0.303.